The summed E-state index contributed by atoms with van der Waals surface area (Å²) in [5.41, 5.74) is 2.09. The Hall–Kier alpha value is -2.63. The Morgan fingerprint density at radius 2 is 1.97 bits per heavy atom. The molecule has 2 aromatic rings. The molecule has 1 aromatic heterocycles. The summed E-state index contributed by atoms with van der Waals surface area (Å²) in [5.74, 6) is 0.651. The summed E-state index contributed by atoms with van der Waals surface area (Å²) in [7, 11) is 0. The molecule has 1 saturated carbocycles. The molecule has 4 rings (SSSR count). The van der Waals surface area contributed by atoms with Crippen molar-refractivity contribution in [3.05, 3.63) is 41.6 Å². The largest absolute Gasteiger partial charge is 0.444 e. The Bertz CT molecular complexity index is 946. The molecule has 1 saturated heterocycles. The van der Waals surface area contributed by atoms with Gasteiger partial charge in [-0.15, -0.1) is 0 Å². The molecule has 1 N–H and O–H groups in total. The van der Waals surface area contributed by atoms with Crippen LogP contribution in [0.5, 0.6) is 0 Å². The van der Waals surface area contributed by atoms with E-state index in [9.17, 15) is 9.59 Å². The number of rotatable bonds is 4. The molecule has 6 nitrogen and oxygen atoms in total. The van der Waals surface area contributed by atoms with E-state index in [-0.39, 0.29) is 17.9 Å². The average Bonchev–Trinajstić information content (AvgIpc) is 3.55. The van der Waals surface area contributed by atoms with Gasteiger partial charge in [0.05, 0.1) is 11.1 Å². The van der Waals surface area contributed by atoms with Crippen LogP contribution in [0.1, 0.15) is 68.4 Å². The fourth-order valence-corrected chi connectivity index (χ4v) is 4.03. The second-order valence-corrected chi connectivity index (χ2v) is 9.53. The number of pyridine rings is 1. The third-order valence-corrected chi connectivity index (χ3v) is 5.70. The predicted molar refractivity (Wildman–Crippen MR) is 117 cm³/mol. The van der Waals surface area contributed by atoms with Crippen LogP contribution in [0.2, 0.25) is 0 Å². The van der Waals surface area contributed by atoms with Gasteiger partial charge in [0.1, 0.15) is 5.60 Å². The molecule has 0 radical (unpaired) electrons. The van der Waals surface area contributed by atoms with E-state index in [2.05, 4.69) is 5.32 Å². The lowest BCUT2D eigenvalue weighted by Crippen LogP contribution is -2.45. The van der Waals surface area contributed by atoms with Gasteiger partial charge in [-0.05, 0) is 64.5 Å². The zero-order chi connectivity index (χ0) is 21.3. The summed E-state index contributed by atoms with van der Waals surface area (Å²) in [6.07, 6.45) is 3.94. The SMILES string of the molecule is CC(C)(C)OC(=O)N1CCCC(CNC(=O)c2cc(C3CC3)nc3ccccc23)C1. The van der Waals surface area contributed by atoms with Crippen LogP contribution in [0.4, 0.5) is 4.79 Å². The second kappa shape index (κ2) is 8.25. The Morgan fingerprint density at radius 1 is 1.20 bits per heavy atom. The fourth-order valence-electron chi connectivity index (χ4n) is 4.03. The molecular formula is C24H31N3O3. The number of carbonyl (C=O) groups is 2. The number of aromatic nitrogens is 1. The normalized spacial score (nSPS) is 19.6. The molecule has 1 atom stereocenters. The van der Waals surface area contributed by atoms with Crippen molar-refractivity contribution in [1.29, 1.82) is 0 Å². The van der Waals surface area contributed by atoms with Crippen LogP contribution in [-0.2, 0) is 4.74 Å². The van der Waals surface area contributed by atoms with Crippen molar-refractivity contribution >= 4 is 22.9 Å². The predicted octanol–water partition coefficient (Wildman–Crippen LogP) is 4.49. The van der Waals surface area contributed by atoms with Gasteiger partial charge in [0.15, 0.2) is 0 Å². The lowest BCUT2D eigenvalue weighted by Gasteiger charge is -2.34. The topological polar surface area (TPSA) is 71.5 Å². The van der Waals surface area contributed by atoms with Gasteiger partial charge < -0.3 is 15.0 Å². The van der Waals surface area contributed by atoms with Crippen LogP contribution in [-0.4, -0.2) is 47.1 Å². The number of nitrogens with zero attached hydrogens (tertiary/aromatic N) is 2. The summed E-state index contributed by atoms with van der Waals surface area (Å²) in [5, 5.41) is 4.00. The van der Waals surface area contributed by atoms with Gasteiger partial charge in [-0.25, -0.2) is 4.79 Å². The number of amides is 2. The van der Waals surface area contributed by atoms with Crippen LogP contribution < -0.4 is 5.32 Å². The number of hydrogen-bond donors (Lipinski definition) is 1. The number of benzene rings is 1. The number of likely N-dealkylation sites (tertiary alicyclic amines) is 1. The smallest absolute Gasteiger partial charge is 0.410 e. The van der Waals surface area contributed by atoms with Crippen LogP contribution >= 0.6 is 0 Å². The van der Waals surface area contributed by atoms with E-state index in [4.69, 9.17) is 9.72 Å². The van der Waals surface area contributed by atoms with Crippen molar-refractivity contribution in [3.63, 3.8) is 0 Å². The van der Waals surface area contributed by atoms with E-state index in [1.807, 2.05) is 51.1 Å². The molecule has 1 aliphatic carbocycles. The molecular weight excluding hydrogens is 378 g/mol. The van der Waals surface area contributed by atoms with Crippen molar-refractivity contribution in [1.82, 2.24) is 15.2 Å². The van der Waals surface area contributed by atoms with Crippen molar-refractivity contribution in [2.24, 2.45) is 5.92 Å². The highest BCUT2D eigenvalue weighted by Gasteiger charge is 2.29. The van der Waals surface area contributed by atoms with Crippen LogP contribution in [0.25, 0.3) is 10.9 Å². The first-order valence-electron chi connectivity index (χ1n) is 11.0. The molecule has 2 fully saturated rings. The highest BCUT2D eigenvalue weighted by atomic mass is 16.6. The number of nitrogens with one attached hydrogen (secondary N) is 1. The summed E-state index contributed by atoms with van der Waals surface area (Å²) in [4.78, 5) is 32.0. The minimum atomic E-state index is -0.500. The van der Waals surface area contributed by atoms with Crippen LogP contribution in [0, 0.1) is 5.92 Å². The number of ether oxygens (including phenoxy) is 1. The summed E-state index contributed by atoms with van der Waals surface area (Å²) >= 11 is 0. The maximum atomic E-state index is 13.1. The number of piperidine rings is 1. The lowest BCUT2D eigenvalue weighted by atomic mass is 9.98. The van der Waals surface area contributed by atoms with Crippen molar-refractivity contribution < 1.29 is 14.3 Å². The zero-order valence-corrected chi connectivity index (χ0v) is 18.1. The van der Waals surface area contributed by atoms with Gasteiger partial charge in [0.25, 0.3) is 5.91 Å². The minimum Gasteiger partial charge on any atom is -0.444 e. The van der Waals surface area contributed by atoms with E-state index in [0.717, 1.165) is 42.3 Å². The van der Waals surface area contributed by atoms with E-state index < -0.39 is 5.60 Å². The first-order valence-corrected chi connectivity index (χ1v) is 11.0. The van der Waals surface area contributed by atoms with Gasteiger partial charge in [-0.2, -0.15) is 0 Å². The second-order valence-electron chi connectivity index (χ2n) is 9.53. The molecule has 1 aliphatic heterocycles. The molecule has 2 aliphatic rings. The maximum Gasteiger partial charge on any atom is 0.410 e. The molecule has 1 unspecified atom stereocenters. The number of carbonyl (C=O) groups excluding carboxylic acids is 2. The summed E-state index contributed by atoms with van der Waals surface area (Å²) < 4.78 is 5.50. The Morgan fingerprint density at radius 3 is 2.70 bits per heavy atom. The molecule has 2 amide bonds. The van der Waals surface area contributed by atoms with Crippen molar-refractivity contribution in [2.75, 3.05) is 19.6 Å². The summed E-state index contributed by atoms with van der Waals surface area (Å²) in [6.45, 7) is 7.50. The molecule has 0 spiro atoms. The quantitative estimate of drug-likeness (QED) is 0.808. The first-order chi connectivity index (χ1) is 14.3. The Balaban J connectivity index is 1.42. The van der Waals surface area contributed by atoms with E-state index >= 15 is 0 Å². The molecule has 6 heteroatoms. The maximum absolute atomic E-state index is 13.1. The highest BCUT2D eigenvalue weighted by Crippen LogP contribution is 2.40. The molecule has 2 heterocycles. The minimum absolute atomic E-state index is 0.0649. The van der Waals surface area contributed by atoms with Crippen LogP contribution in [0.3, 0.4) is 0 Å². The molecule has 0 bridgehead atoms. The standard InChI is InChI=1S/C24H31N3O3/c1-24(2,3)30-23(29)27-12-6-7-16(15-27)14-25-22(28)19-13-21(17-10-11-17)26-20-9-5-4-8-18(19)20/h4-5,8-9,13,16-17H,6-7,10-12,14-15H2,1-3H3,(H,25,28). The monoisotopic (exact) mass is 409 g/mol. The molecule has 1 aromatic carbocycles. The Kier molecular flexibility index (Phi) is 5.67. The van der Waals surface area contributed by atoms with Crippen molar-refractivity contribution in [3.8, 4) is 0 Å². The Labute approximate surface area is 178 Å². The van der Waals surface area contributed by atoms with E-state index in [1.54, 1.807) is 4.90 Å². The molecule has 160 valence electrons. The van der Waals surface area contributed by atoms with E-state index in [0.29, 0.717) is 31.1 Å². The third kappa shape index (κ3) is 4.91. The average molecular weight is 410 g/mol. The van der Waals surface area contributed by atoms with Crippen molar-refractivity contribution in [2.45, 2.75) is 58.0 Å². The number of para-hydroxylation sites is 1. The lowest BCUT2D eigenvalue weighted by molar-refractivity contribution is 0.0167. The number of hydrogen-bond acceptors (Lipinski definition) is 4. The van der Waals surface area contributed by atoms with Gasteiger partial charge in [0.2, 0.25) is 0 Å². The van der Waals surface area contributed by atoms with E-state index in [1.165, 1.54) is 0 Å². The highest BCUT2D eigenvalue weighted by molar-refractivity contribution is 6.06. The van der Waals surface area contributed by atoms with Gasteiger partial charge in [-0.1, -0.05) is 18.2 Å². The van der Waals surface area contributed by atoms with Gasteiger partial charge in [-0.3, -0.25) is 9.78 Å². The third-order valence-electron chi connectivity index (χ3n) is 5.70. The van der Waals surface area contributed by atoms with Gasteiger partial charge >= 0.3 is 6.09 Å². The van der Waals surface area contributed by atoms with Crippen LogP contribution in [0.15, 0.2) is 30.3 Å². The first kappa shape index (κ1) is 20.6. The fraction of sp³-hybridized carbons (Fsp3) is 0.542. The van der Waals surface area contributed by atoms with Gasteiger partial charge in [0, 0.05) is 36.6 Å². The zero-order valence-electron chi connectivity index (χ0n) is 18.1. The number of fused-ring (bicyclic) bond motifs is 1. The summed E-state index contributed by atoms with van der Waals surface area (Å²) in [6, 6.07) is 9.79. The molecule has 30 heavy (non-hydrogen) atoms.